The smallest absolute Gasteiger partial charge is 0.217 e. The standard InChI is InChI=1S/C11H11NO2/c1-9(13)12-8-2-3-10-4-6-11(14)7-5-10/h4-7,14H,8H2,1H3,(H,12,13). The van der Waals surface area contributed by atoms with Crippen molar-refractivity contribution >= 4 is 5.91 Å². The molecule has 0 radical (unpaired) electrons. The largest absolute Gasteiger partial charge is 0.508 e. The minimum absolute atomic E-state index is 0.0926. The molecule has 0 spiro atoms. The van der Waals surface area contributed by atoms with E-state index in [9.17, 15) is 4.79 Å². The fraction of sp³-hybridized carbons (Fsp3) is 0.182. The predicted molar refractivity (Wildman–Crippen MR) is 53.7 cm³/mol. The number of phenolic OH excluding ortho intramolecular Hbond substituents is 1. The van der Waals surface area contributed by atoms with Crippen molar-refractivity contribution in [2.24, 2.45) is 0 Å². The zero-order valence-electron chi connectivity index (χ0n) is 7.87. The van der Waals surface area contributed by atoms with Crippen LogP contribution in [0.15, 0.2) is 24.3 Å². The number of benzene rings is 1. The van der Waals surface area contributed by atoms with Gasteiger partial charge in [0.1, 0.15) is 5.75 Å². The second-order valence-corrected chi connectivity index (χ2v) is 2.76. The Balaban J connectivity index is 2.51. The summed E-state index contributed by atoms with van der Waals surface area (Å²) in [6, 6.07) is 6.58. The molecule has 0 aliphatic rings. The molecule has 0 atom stereocenters. The number of carbonyl (C=O) groups is 1. The topological polar surface area (TPSA) is 49.3 Å². The molecule has 0 aromatic heterocycles. The van der Waals surface area contributed by atoms with E-state index in [1.165, 1.54) is 6.92 Å². The van der Waals surface area contributed by atoms with E-state index in [2.05, 4.69) is 17.2 Å². The van der Waals surface area contributed by atoms with Crippen molar-refractivity contribution in [1.82, 2.24) is 5.32 Å². The molecule has 0 saturated heterocycles. The van der Waals surface area contributed by atoms with Crippen molar-refractivity contribution in [1.29, 1.82) is 0 Å². The highest BCUT2D eigenvalue weighted by atomic mass is 16.3. The summed E-state index contributed by atoms with van der Waals surface area (Å²) < 4.78 is 0. The van der Waals surface area contributed by atoms with Crippen molar-refractivity contribution in [3.8, 4) is 17.6 Å². The van der Waals surface area contributed by atoms with Crippen LogP contribution >= 0.6 is 0 Å². The molecule has 1 aromatic carbocycles. The molecule has 14 heavy (non-hydrogen) atoms. The molecular weight excluding hydrogens is 178 g/mol. The molecule has 0 heterocycles. The van der Waals surface area contributed by atoms with Crippen molar-refractivity contribution in [3.63, 3.8) is 0 Å². The van der Waals surface area contributed by atoms with Gasteiger partial charge < -0.3 is 10.4 Å². The second-order valence-electron chi connectivity index (χ2n) is 2.76. The number of carbonyl (C=O) groups excluding carboxylic acids is 1. The lowest BCUT2D eigenvalue weighted by atomic mass is 10.2. The monoisotopic (exact) mass is 189 g/mol. The van der Waals surface area contributed by atoms with Gasteiger partial charge >= 0.3 is 0 Å². The third-order valence-electron chi connectivity index (χ3n) is 1.53. The Hall–Kier alpha value is -1.95. The molecule has 0 fully saturated rings. The van der Waals surface area contributed by atoms with E-state index in [0.717, 1.165) is 5.56 Å². The molecule has 72 valence electrons. The van der Waals surface area contributed by atoms with Crippen LogP contribution in [0, 0.1) is 11.8 Å². The maximum absolute atomic E-state index is 10.5. The molecule has 2 N–H and O–H groups in total. The van der Waals surface area contributed by atoms with Crippen LogP contribution in [0.3, 0.4) is 0 Å². The Morgan fingerprint density at radius 3 is 2.64 bits per heavy atom. The van der Waals surface area contributed by atoms with Crippen LogP contribution in [-0.4, -0.2) is 17.6 Å². The molecule has 0 saturated carbocycles. The first-order valence-corrected chi connectivity index (χ1v) is 4.21. The molecule has 3 nitrogen and oxygen atoms in total. The Morgan fingerprint density at radius 2 is 2.07 bits per heavy atom. The van der Waals surface area contributed by atoms with Gasteiger partial charge in [0, 0.05) is 12.5 Å². The highest BCUT2D eigenvalue weighted by Crippen LogP contribution is 2.07. The summed E-state index contributed by atoms with van der Waals surface area (Å²) in [7, 11) is 0. The summed E-state index contributed by atoms with van der Waals surface area (Å²) in [5.41, 5.74) is 0.813. The minimum Gasteiger partial charge on any atom is -0.508 e. The number of rotatable bonds is 1. The van der Waals surface area contributed by atoms with E-state index in [4.69, 9.17) is 5.11 Å². The van der Waals surface area contributed by atoms with E-state index < -0.39 is 0 Å². The lowest BCUT2D eigenvalue weighted by molar-refractivity contribution is -0.118. The molecule has 0 bridgehead atoms. The van der Waals surface area contributed by atoms with Gasteiger partial charge in [0.05, 0.1) is 6.54 Å². The van der Waals surface area contributed by atoms with Crippen LogP contribution in [0.25, 0.3) is 0 Å². The Morgan fingerprint density at radius 1 is 1.43 bits per heavy atom. The van der Waals surface area contributed by atoms with Crippen LogP contribution in [-0.2, 0) is 4.79 Å². The fourth-order valence-electron chi connectivity index (χ4n) is 0.860. The van der Waals surface area contributed by atoms with Gasteiger partial charge in [0.2, 0.25) is 5.91 Å². The van der Waals surface area contributed by atoms with Crippen molar-refractivity contribution in [2.45, 2.75) is 6.92 Å². The first-order valence-electron chi connectivity index (χ1n) is 4.21. The minimum atomic E-state index is -0.0926. The first-order chi connectivity index (χ1) is 6.68. The number of aromatic hydroxyl groups is 1. The normalized spacial score (nSPS) is 8.64. The predicted octanol–water partition coefficient (Wildman–Crippen LogP) is 0.880. The van der Waals surface area contributed by atoms with Gasteiger partial charge in [-0.05, 0) is 24.3 Å². The second kappa shape index (κ2) is 4.93. The number of nitrogens with one attached hydrogen (secondary N) is 1. The van der Waals surface area contributed by atoms with Gasteiger partial charge in [0.25, 0.3) is 0 Å². The van der Waals surface area contributed by atoms with Gasteiger partial charge in [0.15, 0.2) is 0 Å². The fourth-order valence-corrected chi connectivity index (χ4v) is 0.860. The third kappa shape index (κ3) is 3.63. The van der Waals surface area contributed by atoms with E-state index in [1.54, 1.807) is 24.3 Å². The van der Waals surface area contributed by atoms with Gasteiger partial charge in [-0.3, -0.25) is 4.79 Å². The maximum Gasteiger partial charge on any atom is 0.217 e. The molecule has 1 aromatic rings. The van der Waals surface area contributed by atoms with E-state index in [-0.39, 0.29) is 11.7 Å². The number of amides is 1. The zero-order valence-corrected chi connectivity index (χ0v) is 7.87. The van der Waals surface area contributed by atoms with Crippen molar-refractivity contribution in [2.75, 3.05) is 6.54 Å². The highest BCUT2D eigenvalue weighted by Gasteiger charge is 1.87. The van der Waals surface area contributed by atoms with Crippen molar-refractivity contribution < 1.29 is 9.90 Å². The number of hydrogen-bond donors (Lipinski definition) is 2. The lowest BCUT2D eigenvalue weighted by Crippen LogP contribution is -2.19. The SMILES string of the molecule is CC(=O)NCC#Cc1ccc(O)cc1. The summed E-state index contributed by atoms with van der Waals surface area (Å²) in [5.74, 6) is 5.77. The summed E-state index contributed by atoms with van der Waals surface area (Å²) in [4.78, 5) is 10.5. The summed E-state index contributed by atoms with van der Waals surface area (Å²) >= 11 is 0. The van der Waals surface area contributed by atoms with Crippen LogP contribution in [0.1, 0.15) is 12.5 Å². The van der Waals surface area contributed by atoms with E-state index in [1.807, 2.05) is 0 Å². The Bertz CT molecular complexity index is 371. The third-order valence-corrected chi connectivity index (χ3v) is 1.53. The van der Waals surface area contributed by atoms with Gasteiger partial charge in [-0.2, -0.15) is 0 Å². The number of phenols is 1. The molecule has 3 heteroatoms. The quantitative estimate of drug-likeness (QED) is 0.644. The van der Waals surface area contributed by atoms with Crippen LogP contribution in [0.4, 0.5) is 0 Å². The highest BCUT2D eigenvalue weighted by molar-refractivity contribution is 5.73. The molecular formula is C11H11NO2. The van der Waals surface area contributed by atoms with Crippen LogP contribution < -0.4 is 5.32 Å². The molecule has 0 aliphatic heterocycles. The first kappa shape index (κ1) is 10.1. The average Bonchev–Trinajstić information content (AvgIpc) is 2.15. The van der Waals surface area contributed by atoms with Gasteiger partial charge in [-0.25, -0.2) is 0 Å². The summed E-state index contributed by atoms with van der Waals surface area (Å²) in [6.45, 7) is 1.79. The Kier molecular flexibility index (Phi) is 3.57. The number of hydrogen-bond acceptors (Lipinski definition) is 2. The lowest BCUT2D eigenvalue weighted by Gasteiger charge is -1.92. The summed E-state index contributed by atoms with van der Waals surface area (Å²) in [5, 5.41) is 11.6. The van der Waals surface area contributed by atoms with Crippen molar-refractivity contribution in [3.05, 3.63) is 29.8 Å². The van der Waals surface area contributed by atoms with Crippen LogP contribution in [0.2, 0.25) is 0 Å². The Labute approximate surface area is 82.8 Å². The van der Waals surface area contributed by atoms with E-state index in [0.29, 0.717) is 6.54 Å². The average molecular weight is 189 g/mol. The maximum atomic E-state index is 10.5. The molecule has 0 aliphatic carbocycles. The molecule has 1 amide bonds. The summed E-state index contributed by atoms with van der Waals surface area (Å²) in [6.07, 6.45) is 0. The van der Waals surface area contributed by atoms with Gasteiger partial charge in [-0.1, -0.05) is 11.8 Å². The molecule has 0 unspecified atom stereocenters. The van der Waals surface area contributed by atoms with Gasteiger partial charge in [-0.15, -0.1) is 0 Å². The van der Waals surface area contributed by atoms with E-state index >= 15 is 0 Å². The van der Waals surface area contributed by atoms with Crippen LogP contribution in [0.5, 0.6) is 5.75 Å². The zero-order chi connectivity index (χ0) is 10.4. The molecule has 1 rings (SSSR count).